The van der Waals surface area contributed by atoms with Crippen molar-refractivity contribution in [2.24, 2.45) is 0 Å². The number of aryl methyl sites for hydroxylation is 1. The van der Waals surface area contributed by atoms with Gasteiger partial charge in [0, 0.05) is 23.1 Å². The van der Waals surface area contributed by atoms with Gasteiger partial charge in [-0.2, -0.15) is 0 Å². The van der Waals surface area contributed by atoms with E-state index in [1.54, 1.807) is 6.08 Å². The van der Waals surface area contributed by atoms with Gasteiger partial charge in [0.15, 0.2) is 11.5 Å². The molecule has 2 aliphatic rings. The molecular formula is C19H16N2O5S2. The van der Waals surface area contributed by atoms with Crippen molar-refractivity contribution in [3.8, 4) is 17.2 Å². The number of thioether (sulfide) groups is 1. The van der Waals surface area contributed by atoms with E-state index in [2.05, 4.69) is 4.57 Å². The molecule has 0 unspecified atom stereocenters. The third kappa shape index (κ3) is 3.16. The molecule has 1 fully saturated rings. The molecule has 0 atom stereocenters. The Morgan fingerprint density at radius 2 is 2.04 bits per heavy atom. The predicted octanol–water partition coefficient (Wildman–Crippen LogP) is 3.11. The molecule has 1 saturated heterocycles. The molecule has 0 aliphatic carbocycles. The lowest BCUT2D eigenvalue weighted by atomic mass is 10.2. The first-order valence-corrected chi connectivity index (χ1v) is 9.64. The standard InChI is InChI=1S/C19H16N2O5S2/c1-10-5-12(6-16-18(24)20(8-17(22)23)19(27)28-16)11(2)21(10)13-3-4-14-15(7-13)26-9-25-14/h3-7H,8-9H2,1-2H3,(H,22,23)/b16-6-. The number of aliphatic carboxylic acids is 1. The molecule has 28 heavy (non-hydrogen) atoms. The summed E-state index contributed by atoms with van der Waals surface area (Å²) < 4.78 is 13.1. The van der Waals surface area contributed by atoms with Crippen molar-refractivity contribution >= 4 is 46.3 Å². The molecule has 9 heteroatoms. The topological polar surface area (TPSA) is 81.0 Å². The Bertz CT molecular complexity index is 1060. The lowest BCUT2D eigenvalue weighted by molar-refractivity contribution is -0.140. The Hall–Kier alpha value is -2.78. The number of hydrogen-bond acceptors (Lipinski definition) is 6. The molecule has 1 N–H and O–H groups in total. The number of rotatable bonds is 4. The molecule has 144 valence electrons. The fourth-order valence-electron chi connectivity index (χ4n) is 3.27. The third-order valence-electron chi connectivity index (χ3n) is 4.54. The summed E-state index contributed by atoms with van der Waals surface area (Å²) in [5, 5.41) is 8.96. The van der Waals surface area contributed by atoms with Gasteiger partial charge < -0.3 is 19.1 Å². The number of benzene rings is 1. The van der Waals surface area contributed by atoms with Crippen LogP contribution in [-0.2, 0) is 9.59 Å². The number of carbonyl (C=O) groups excluding carboxylic acids is 1. The maximum absolute atomic E-state index is 12.5. The minimum atomic E-state index is -1.10. The van der Waals surface area contributed by atoms with E-state index in [1.165, 1.54) is 0 Å². The maximum atomic E-state index is 12.5. The van der Waals surface area contributed by atoms with Crippen LogP contribution in [0, 0.1) is 13.8 Å². The van der Waals surface area contributed by atoms with Crippen LogP contribution < -0.4 is 9.47 Å². The van der Waals surface area contributed by atoms with Gasteiger partial charge in [-0.05, 0) is 43.7 Å². The van der Waals surface area contributed by atoms with Gasteiger partial charge in [0.2, 0.25) is 6.79 Å². The van der Waals surface area contributed by atoms with Crippen LogP contribution in [-0.4, -0.2) is 44.1 Å². The number of nitrogens with zero attached hydrogens (tertiary/aromatic N) is 2. The van der Waals surface area contributed by atoms with Crippen molar-refractivity contribution in [3.63, 3.8) is 0 Å². The summed E-state index contributed by atoms with van der Waals surface area (Å²) in [5.74, 6) is -0.0709. The number of thiocarbonyl (C=S) groups is 1. The molecule has 1 amide bonds. The molecule has 0 bridgehead atoms. The van der Waals surface area contributed by atoms with E-state index >= 15 is 0 Å². The van der Waals surface area contributed by atoms with E-state index in [0.717, 1.165) is 39.3 Å². The number of carboxylic acid groups (broad SMARTS) is 1. The number of carbonyl (C=O) groups is 2. The lowest BCUT2D eigenvalue weighted by Gasteiger charge is -2.11. The largest absolute Gasteiger partial charge is 0.480 e. The Labute approximate surface area is 170 Å². The highest BCUT2D eigenvalue weighted by Gasteiger charge is 2.33. The highest BCUT2D eigenvalue weighted by molar-refractivity contribution is 8.26. The van der Waals surface area contributed by atoms with Crippen LogP contribution in [0.3, 0.4) is 0 Å². The highest BCUT2D eigenvalue weighted by Crippen LogP contribution is 2.36. The SMILES string of the molecule is Cc1cc(/C=C2\SC(=S)N(CC(=O)O)C2=O)c(C)n1-c1ccc2c(c1)OCO2. The van der Waals surface area contributed by atoms with Gasteiger partial charge in [-0.25, -0.2) is 0 Å². The molecule has 0 spiro atoms. The van der Waals surface area contributed by atoms with Gasteiger partial charge in [0.05, 0.1) is 4.91 Å². The van der Waals surface area contributed by atoms with Gasteiger partial charge in [0.25, 0.3) is 5.91 Å². The Kier molecular flexibility index (Phi) is 4.64. The quantitative estimate of drug-likeness (QED) is 0.606. The van der Waals surface area contributed by atoms with E-state index < -0.39 is 12.5 Å². The average molecular weight is 416 g/mol. The summed E-state index contributed by atoms with van der Waals surface area (Å²) in [5.41, 5.74) is 3.73. The molecule has 0 saturated carbocycles. The van der Waals surface area contributed by atoms with Crippen LogP contribution in [0.25, 0.3) is 11.8 Å². The van der Waals surface area contributed by atoms with Gasteiger partial charge in [-0.3, -0.25) is 14.5 Å². The number of aromatic nitrogens is 1. The van der Waals surface area contributed by atoms with Crippen molar-refractivity contribution in [1.29, 1.82) is 0 Å². The summed E-state index contributed by atoms with van der Waals surface area (Å²) in [6.07, 6.45) is 1.76. The van der Waals surface area contributed by atoms with Crippen molar-refractivity contribution in [2.45, 2.75) is 13.8 Å². The zero-order valence-electron chi connectivity index (χ0n) is 15.1. The minimum absolute atomic E-state index is 0.214. The monoisotopic (exact) mass is 416 g/mol. The second-order valence-electron chi connectivity index (χ2n) is 6.36. The Morgan fingerprint density at radius 3 is 2.79 bits per heavy atom. The number of hydrogen-bond donors (Lipinski definition) is 1. The maximum Gasteiger partial charge on any atom is 0.323 e. The molecule has 1 aromatic heterocycles. The van der Waals surface area contributed by atoms with Crippen molar-refractivity contribution < 1.29 is 24.2 Å². The lowest BCUT2D eigenvalue weighted by Crippen LogP contribution is -2.33. The summed E-state index contributed by atoms with van der Waals surface area (Å²) in [6, 6.07) is 7.71. The molecule has 0 radical (unpaired) electrons. The van der Waals surface area contributed by atoms with Gasteiger partial charge >= 0.3 is 5.97 Å². The second-order valence-corrected chi connectivity index (χ2v) is 8.04. The molecule has 2 aliphatic heterocycles. The molecular weight excluding hydrogens is 400 g/mol. The van der Waals surface area contributed by atoms with Gasteiger partial charge in [-0.15, -0.1) is 0 Å². The predicted molar refractivity (Wildman–Crippen MR) is 109 cm³/mol. The first-order chi connectivity index (χ1) is 13.3. The number of amides is 1. The van der Waals surface area contributed by atoms with E-state index in [0.29, 0.717) is 16.4 Å². The minimum Gasteiger partial charge on any atom is -0.480 e. The smallest absolute Gasteiger partial charge is 0.323 e. The molecule has 4 rings (SSSR count). The summed E-state index contributed by atoms with van der Waals surface area (Å²) in [6.45, 7) is 3.72. The van der Waals surface area contributed by atoms with Crippen molar-refractivity contribution in [2.75, 3.05) is 13.3 Å². The van der Waals surface area contributed by atoms with E-state index in [1.807, 2.05) is 38.1 Å². The summed E-state index contributed by atoms with van der Waals surface area (Å²) in [7, 11) is 0. The zero-order chi connectivity index (χ0) is 20.0. The van der Waals surface area contributed by atoms with Gasteiger partial charge in [-0.1, -0.05) is 24.0 Å². The van der Waals surface area contributed by atoms with E-state index in [-0.39, 0.29) is 17.0 Å². The molecule has 1 aromatic carbocycles. The third-order valence-corrected chi connectivity index (χ3v) is 5.92. The fourth-order valence-corrected chi connectivity index (χ4v) is 4.51. The normalized spacial score (nSPS) is 17.1. The molecule has 7 nitrogen and oxygen atoms in total. The van der Waals surface area contributed by atoms with Crippen LogP contribution in [0.5, 0.6) is 11.5 Å². The zero-order valence-corrected chi connectivity index (χ0v) is 16.7. The average Bonchev–Trinajstić information content (AvgIpc) is 3.28. The summed E-state index contributed by atoms with van der Waals surface area (Å²) >= 11 is 6.26. The van der Waals surface area contributed by atoms with E-state index in [4.69, 9.17) is 26.8 Å². The van der Waals surface area contributed by atoms with Crippen LogP contribution >= 0.6 is 24.0 Å². The Morgan fingerprint density at radius 1 is 1.29 bits per heavy atom. The summed E-state index contributed by atoms with van der Waals surface area (Å²) in [4.78, 5) is 25.0. The molecule has 3 heterocycles. The second kappa shape index (κ2) is 6.99. The van der Waals surface area contributed by atoms with Crippen molar-refractivity contribution in [1.82, 2.24) is 9.47 Å². The number of fused-ring (bicyclic) bond motifs is 1. The van der Waals surface area contributed by atoms with Crippen LogP contribution in [0.4, 0.5) is 0 Å². The number of ether oxygens (including phenoxy) is 2. The first kappa shape index (κ1) is 18.6. The van der Waals surface area contributed by atoms with Crippen LogP contribution in [0.2, 0.25) is 0 Å². The van der Waals surface area contributed by atoms with Crippen molar-refractivity contribution in [3.05, 3.63) is 46.1 Å². The van der Waals surface area contributed by atoms with Crippen LogP contribution in [0.1, 0.15) is 17.0 Å². The Balaban J connectivity index is 1.68. The van der Waals surface area contributed by atoms with Gasteiger partial charge in [0.1, 0.15) is 10.9 Å². The molecule has 2 aromatic rings. The van der Waals surface area contributed by atoms with Crippen LogP contribution in [0.15, 0.2) is 29.2 Å². The first-order valence-electron chi connectivity index (χ1n) is 8.41. The fraction of sp³-hybridized carbons (Fsp3) is 0.211. The highest BCUT2D eigenvalue weighted by atomic mass is 32.2. The number of carboxylic acids is 1. The van der Waals surface area contributed by atoms with E-state index in [9.17, 15) is 9.59 Å².